The van der Waals surface area contributed by atoms with Crippen molar-refractivity contribution < 1.29 is 71.9 Å². The number of benzene rings is 6. The molecular weight excluding hydrogens is 1300 g/mol. The Balaban J connectivity index is 0.600. The van der Waals surface area contributed by atoms with Crippen molar-refractivity contribution in [2.24, 2.45) is 17.3 Å². The van der Waals surface area contributed by atoms with Gasteiger partial charge in [-0.2, -0.15) is 0 Å². The van der Waals surface area contributed by atoms with Gasteiger partial charge in [0.25, 0.3) is 11.8 Å². The minimum atomic E-state index is -1.44. The molecular formula is C81H86N6O15. The second kappa shape index (κ2) is 31.1. The Kier molecular flexibility index (Phi) is 21.7. The summed E-state index contributed by atoms with van der Waals surface area (Å²) < 4.78 is 29.8. The number of carbonyl (C=O) groups is 9. The van der Waals surface area contributed by atoms with E-state index in [-0.39, 0.29) is 123 Å². The summed E-state index contributed by atoms with van der Waals surface area (Å²) in [6.45, 7) is 7.58. The average Bonchev–Trinajstić information content (AvgIpc) is 1.56. The highest BCUT2D eigenvalue weighted by Gasteiger charge is 2.58. The third kappa shape index (κ3) is 16.1. The standard InChI is InChI=1S/C81H86N6O15/c1-49(2)64(40-62(89)44-82-74(91)29-27-61(88)28-30-75(92)85-45-58-15-8-7-13-54(58)23-24-55-14-9-10-18-67(55)85)76(93)83-51(4)70(90)36-52-19-21-53(22-20-52)47-102-80(97)87-68-42-71(50(3)35-66(68)78(95)86-48-81(31-32-81)43-69(86)79(87)96)100-33-12-34-101-73-39-57-25-26-60-37-59(56-16-11-17-63(38-56)98-5)46-84(60)77(94)65(57)41-72(73)99-6/h7-11,13-22,35,38-39,41-42,46,49,51,60,64,69,79,96H,12,25-34,36-37,40,43-45,47-48H2,1-6H3,(H,82,91)(H,83,93)/t51-,60+,64-,69-,79?/m0/s1. The molecule has 0 radical (unpaired) electrons. The number of aliphatic hydroxyl groups excluding tert-OH is 1. The first kappa shape index (κ1) is 71.2. The normalized spacial score (nSPS) is 18.0. The first-order valence-electron chi connectivity index (χ1n) is 35.1. The molecule has 0 bridgehead atoms. The molecule has 1 aliphatic carbocycles. The highest BCUT2D eigenvalue weighted by atomic mass is 16.6. The average molecular weight is 1380 g/mol. The number of carbonyl (C=O) groups excluding carboxylic acids is 9. The molecule has 21 heteroatoms. The molecule has 12 rings (SSSR count). The van der Waals surface area contributed by atoms with E-state index in [9.17, 15) is 48.3 Å². The van der Waals surface area contributed by atoms with Crippen molar-refractivity contribution in [3.8, 4) is 34.8 Å². The number of nitrogens with one attached hydrogen (secondary N) is 2. The maximum atomic E-state index is 14.5. The number of hydrogen-bond acceptors (Lipinski definition) is 15. The Bertz CT molecular complexity index is 4370. The first-order chi connectivity index (χ1) is 49.2. The Morgan fingerprint density at radius 2 is 1.44 bits per heavy atom. The van der Waals surface area contributed by atoms with Gasteiger partial charge < -0.3 is 54.1 Å². The highest BCUT2D eigenvalue weighted by Crippen LogP contribution is 2.57. The molecule has 1 spiro atoms. The maximum Gasteiger partial charge on any atom is 0.416 e. The fraction of sp³-hybridized carbons (Fsp3) is 0.395. The van der Waals surface area contributed by atoms with E-state index in [0.717, 1.165) is 64.2 Å². The van der Waals surface area contributed by atoms with Crippen LogP contribution in [0.1, 0.15) is 157 Å². The van der Waals surface area contributed by atoms with Crippen molar-refractivity contribution >= 4 is 69.9 Å². The van der Waals surface area contributed by atoms with E-state index in [0.29, 0.717) is 83.1 Å². The van der Waals surface area contributed by atoms with Gasteiger partial charge in [-0.15, -0.1) is 0 Å². The van der Waals surface area contributed by atoms with Crippen LogP contribution < -0.4 is 39.4 Å². The summed E-state index contributed by atoms with van der Waals surface area (Å²) in [6, 6.07) is 35.0. The predicted molar refractivity (Wildman–Crippen MR) is 381 cm³/mol. The number of para-hydroxylation sites is 1. The van der Waals surface area contributed by atoms with Gasteiger partial charge in [0, 0.05) is 92.4 Å². The minimum Gasteiger partial charge on any atom is -0.497 e. The third-order valence-electron chi connectivity index (χ3n) is 20.4. The van der Waals surface area contributed by atoms with Crippen LogP contribution in [0, 0.1) is 36.0 Å². The molecule has 5 atom stereocenters. The molecule has 1 unspecified atom stereocenters. The van der Waals surface area contributed by atoms with Crippen LogP contribution in [0.2, 0.25) is 0 Å². The van der Waals surface area contributed by atoms with E-state index in [1.165, 1.54) is 0 Å². The summed E-state index contributed by atoms with van der Waals surface area (Å²) in [5, 5.41) is 17.5. The molecule has 0 aromatic heterocycles. The smallest absolute Gasteiger partial charge is 0.416 e. The summed E-state index contributed by atoms with van der Waals surface area (Å²) in [5.41, 5.74) is 8.75. The van der Waals surface area contributed by atoms with Crippen LogP contribution in [0.4, 0.5) is 16.2 Å². The Morgan fingerprint density at radius 1 is 0.716 bits per heavy atom. The number of methoxy groups -OCH3 is 2. The molecule has 530 valence electrons. The number of fused-ring (bicyclic) bond motifs is 6. The zero-order valence-electron chi connectivity index (χ0n) is 58.5. The number of anilines is 2. The number of aryl methyl sites for hydroxylation is 2. The van der Waals surface area contributed by atoms with E-state index in [1.54, 1.807) is 87.3 Å². The van der Waals surface area contributed by atoms with Crippen LogP contribution in [0.3, 0.4) is 0 Å². The fourth-order valence-corrected chi connectivity index (χ4v) is 14.3. The second-order valence-electron chi connectivity index (χ2n) is 27.9. The molecule has 5 aliphatic heterocycles. The van der Waals surface area contributed by atoms with E-state index in [4.69, 9.17) is 23.7 Å². The van der Waals surface area contributed by atoms with Gasteiger partial charge in [-0.1, -0.05) is 92.4 Å². The lowest BCUT2D eigenvalue weighted by Crippen LogP contribution is -2.50. The Morgan fingerprint density at radius 3 is 2.20 bits per heavy atom. The number of amides is 6. The number of ketones is 3. The van der Waals surface area contributed by atoms with Crippen LogP contribution in [0.15, 0.2) is 128 Å². The topological polar surface area (TPSA) is 257 Å². The molecule has 5 heterocycles. The van der Waals surface area contributed by atoms with Crippen molar-refractivity contribution in [1.29, 1.82) is 0 Å². The van der Waals surface area contributed by atoms with Crippen LogP contribution >= 0.6 is 0 Å². The van der Waals surface area contributed by atoms with E-state index in [1.807, 2.05) is 96.9 Å². The summed E-state index contributed by atoms with van der Waals surface area (Å²) >= 11 is 0. The lowest BCUT2D eigenvalue weighted by Gasteiger charge is -2.31. The van der Waals surface area contributed by atoms with Gasteiger partial charge in [0.15, 0.2) is 29.3 Å². The predicted octanol–water partition coefficient (Wildman–Crippen LogP) is 10.6. The molecule has 1 saturated carbocycles. The lowest BCUT2D eigenvalue weighted by molar-refractivity contribution is -0.133. The molecule has 6 amide bonds. The van der Waals surface area contributed by atoms with Crippen LogP contribution in [-0.4, -0.2) is 133 Å². The molecule has 21 nitrogen and oxygen atoms in total. The molecule has 2 fully saturated rings. The molecule has 6 aromatic rings. The van der Waals surface area contributed by atoms with Crippen LogP contribution in [-0.2, 0) is 59.5 Å². The van der Waals surface area contributed by atoms with E-state index >= 15 is 0 Å². The summed E-state index contributed by atoms with van der Waals surface area (Å²) in [7, 11) is 3.18. The molecule has 3 N–H and O–H groups in total. The van der Waals surface area contributed by atoms with Crippen molar-refractivity contribution in [2.45, 2.75) is 149 Å². The number of nitrogens with zero attached hydrogens (tertiary/aromatic N) is 4. The van der Waals surface area contributed by atoms with E-state index in [2.05, 4.69) is 22.5 Å². The number of Topliss-reactive ketones (excluding diaryl/α,β-unsaturated/α-hetero) is 3. The van der Waals surface area contributed by atoms with Crippen molar-refractivity contribution in [3.05, 3.63) is 183 Å². The van der Waals surface area contributed by atoms with Crippen molar-refractivity contribution in [2.75, 3.05) is 50.3 Å². The van der Waals surface area contributed by atoms with Crippen LogP contribution in [0.25, 0.3) is 5.57 Å². The van der Waals surface area contributed by atoms with Crippen molar-refractivity contribution in [3.63, 3.8) is 0 Å². The quantitative estimate of drug-likeness (QED) is 0.0320. The number of hydrogen-bond donors (Lipinski definition) is 3. The maximum absolute atomic E-state index is 14.5. The van der Waals surface area contributed by atoms with Crippen LogP contribution in [0.5, 0.6) is 23.0 Å². The number of rotatable bonds is 27. The molecule has 6 aliphatic rings. The SMILES string of the molecule is COc1cccc(C2=CN3C(=O)c4cc(OC)c(OCCCOc5cc6c(cc5C)C(=O)N5CC7(CC7)C[C@H]5C(O)N6C(=O)OCc5ccc(CC(=O)[C@H](C)NC(=O)[C@@H](CC(=O)CNC(=O)CCC(=O)CCC(=O)N6Cc7ccccc7C#Cc7ccccc76)C(C)C)cc5)cc4CC[C@@H]3C2)c1. The summed E-state index contributed by atoms with van der Waals surface area (Å²) in [6.07, 6.45) is 3.92. The van der Waals surface area contributed by atoms with Gasteiger partial charge in [-0.3, -0.25) is 38.4 Å². The highest BCUT2D eigenvalue weighted by molar-refractivity contribution is 6.06. The minimum absolute atomic E-state index is 0.00782. The first-order valence-corrected chi connectivity index (χ1v) is 35.1. The zero-order valence-corrected chi connectivity index (χ0v) is 58.5. The molecule has 1 saturated heterocycles. The second-order valence-corrected chi connectivity index (χ2v) is 27.9. The van der Waals surface area contributed by atoms with Gasteiger partial charge in [0.1, 0.15) is 23.9 Å². The molecule has 6 aromatic carbocycles. The fourth-order valence-electron chi connectivity index (χ4n) is 14.3. The lowest BCUT2D eigenvalue weighted by atomic mass is 9.89. The van der Waals surface area contributed by atoms with Gasteiger partial charge in [-0.05, 0) is 151 Å². The van der Waals surface area contributed by atoms with Gasteiger partial charge >= 0.3 is 6.09 Å². The van der Waals surface area contributed by atoms with Crippen molar-refractivity contribution in [1.82, 2.24) is 20.4 Å². The van der Waals surface area contributed by atoms with Gasteiger partial charge in [-0.25, -0.2) is 9.69 Å². The summed E-state index contributed by atoms with van der Waals surface area (Å²) in [5.74, 6) is 4.71. The number of ether oxygens (including phenoxy) is 5. The Labute approximate surface area is 593 Å². The molecule has 102 heavy (non-hydrogen) atoms. The summed E-state index contributed by atoms with van der Waals surface area (Å²) in [4.78, 5) is 129. The number of aliphatic hydroxyl groups is 1. The third-order valence-corrected chi connectivity index (χ3v) is 20.4. The Hall–Kier alpha value is -10.6. The van der Waals surface area contributed by atoms with E-state index < -0.39 is 47.9 Å². The zero-order chi connectivity index (χ0) is 71.9. The largest absolute Gasteiger partial charge is 0.497 e. The van der Waals surface area contributed by atoms with Gasteiger partial charge in [0.2, 0.25) is 17.7 Å². The van der Waals surface area contributed by atoms with Gasteiger partial charge in [0.05, 0.1) is 69.5 Å². The monoisotopic (exact) mass is 1380 g/mol.